The fraction of sp³-hybridized carbons (Fsp3) is 0.519. The summed E-state index contributed by atoms with van der Waals surface area (Å²) >= 11 is 0. The number of anilines is 1. The molecule has 0 aromatic heterocycles. The van der Waals surface area contributed by atoms with Gasteiger partial charge in [0.25, 0.3) is 0 Å². The molecule has 0 aliphatic carbocycles. The smallest absolute Gasteiger partial charge is 0.410 e. The van der Waals surface area contributed by atoms with Crippen LogP contribution in [0.4, 0.5) is 10.5 Å². The lowest BCUT2D eigenvalue weighted by molar-refractivity contribution is 0.0189. The lowest BCUT2D eigenvalue weighted by atomic mass is 9.87. The van der Waals surface area contributed by atoms with Gasteiger partial charge in [-0.05, 0) is 74.9 Å². The Morgan fingerprint density at radius 3 is 2.76 bits per heavy atom. The number of ether oxygens (including phenoxy) is 2. The predicted octanol–water partition coefficient (Wildman–Crippen LogP) is 5.10. The summed E-state index contributed by atoms with van der Waals surface area (Å²) in [5.74, 6) is 1.12. The van der Waals surface area contributed by atoms with E-state index in [0.717, 1.165) is 41.8 Å². The molecule has 33 heavy (non-hydrogen) atoms. The van der Waals surface area contributed by atoms with E-state index >= 15 is 0 Å². The molecule has 0 radical (unpaired) electrons. The molecule has 5 rings (SSSR count). The number of amides is 1. The quantitative estimate of drug-likeness (QED) is 0.690. The van der Waals surface area contributed by atoms with E-state index in [2.05, 4.69) is 23.1 Å². The summed E-state index contributed by atoms with van der Waals surface area (Å²) < 4.78 is 11.9. The number of likely N-dealkylation sites (tertiary alicyclic amines) is 1. The number of carbonyl (C=O) groups excluding carboxylic acids is 1. The van der Waals surface area contributed by atoms with Crippen molar-refractivity contribution in [3.05, 3.63) is 47.5 Å². The maximum Gasteiger partial charge on any atom is 0.410 e. The van der Waals surface area contributed by atoms with Crippen molar-refractivity contribution in [2.45, 2.75) is 64.2 Å². The molecule has 3 atom stereocenters. The fourth-order valence-electron chi connectivity index (χ4n) is 5.58. The van der Waals surface area contributed by atoms with Gasteiger partial charge in [0.15, 0.2) is 0 Å². The largest absolute Gasteiger partial charge is 0.491 e. The van der Waals surface area contributed by atoms with E-state index in [9.17, 15) is 9.90 Å². The number of rotatable bonds is 2. The van der Waals surface area contributed by atoms with Crippen LogP contribution in [0, 0.1) is 0 Å². The lowest BCUT2D eigenvalue weighted by Gasteiger charge is -2.39. The first-order valence-electron chi connectivity index (χ1n) is 12.1. The van der Waals surface area contributed by atoms with Crippen LogP contribution < -0.4 is 9.64 Å². The van der Waals surface area contributed by atoms with Gasteiger partial charge in [0.1, 0.15) is 11.4 Å². The summed E-state index contributed by atoms with van der Waals surface area (Å²) in [5, 5.41) is 10.4. The van der Waals surface area contributed by atoms with Crippen LogP contribution in [0.15, 0.2) is 36.4 Å². The molecular formula is C27H34N2O4. The molecule has 1 amide bonds. The molecule has 176 valence electrons. The Kier molecular flexibility index (Phi) is 5.52. The molecule has 3 aliphatic rings. The zero-order chi connectivity index (χ0) is 23.3. The molecule has 6 nitrogen and oxygen atoms in total. The molecule has 1 fully saturated rings. The second-order valence-electron chi connectivity index (χ2n) is 10.5. The standard InChI is InChI=1S/C27H34N2O4/c1-17(30)19-8-5-6-9-20(19)18-14-21-22-16-28(26(31)33-27(2,3)4)12-10-23(22)29-11-7-13-32-24(15-18)25(21)29/h5-6,8-9,14-15,17,22-23,30H,7,10-13,16H2,1-4H3/t17?,22-,23-/m0/s1. The van der Waals surface area contributed by atoms with Crippen LogP contribution in [0.25, 0.3) is 11.1 Å². The molecule has 0 bridgehead atoms. The van der Waals surface area contributed by atoms with Gasteiger partial charge in [-0.2, -0.15) is 0 Å². The predicted molar refractivity (Wildman–Crippen MR) is 129 cm³/mol. The van der Waals surface area contributed by atoms with E-state index in [-0.39, 0.29) is 12.0 Å². The van der Waals surface area contributed by atoms with Crippen LogP contribution in [-0.2, 0) is 4.74 Å². The highest BCUT2D eigenvalue weighted by atomic mass is 16.6. The van der Waals surface area contributed by atoms with Crippen LogP contribution in [0.5, 0.6) is 5.75 Å². The number of carbonyl (C=O) groups is 1. The second kappa shape index (κ2) is 8.24. The van der Waals surface area contributed by atoms with Gasteiger partial charge in [0.05, 0.1) is 18.4 Å². The molecule has 1 N–H and O–H groups in total. The van der Waals surface area contributed by atoms with Gasteiger partial charge in [-0.25, -0.2) is 4.79 Å². The molecule has 0 saturated carbocycles. The van der Waals surface area contributed by atoms with Crippen molar-refractivity contribution in [2.75, 3.05) is 31.1 Å². The van der Waals surface area contributed by atoms with Crippen molar-refractivity contribution in [3.63, 3.8) is 0 Å². The van der Waals surface area contributed by atoms with E-state index in [1.54, 1.807) is 6.92 Å². The Morgan fingerprint density at radius 2 is 2.00 bits per heavy atom. The Bertz CT molecular complexity index is 1060. The molecule has 0 spiro atoms. The lowest BCUT2D eigenvalue weighted by Crippen LogP contribution is -2.49. The molecule has 1 saturated heterocycles. The second-order valence-corrected chi connectivity index (χ2v) is 10.5. The van der Waals surface area contributed by atoms with Crippen LogP contribution in [0.2, 0.25) is 0 Å². The van der Waals surface area contributed by atoms with E-state index in [4.69, 9.17) is 9.47 Å². The number of hydrogen-bond acceptors (Lipinski definition) is 5. The Labute approximate surface area is 196 Å². The number of fused-ring (bicyclic) bond motifs is 3. The first kappa shape index (κ1) is 22.1. The highest BCUT2D eigenvalue weighted by molar-refractivity contribution is 5.80. The number of benzene rings is 2. The summed E-state index contributed by atoms with van der Waals surface area (Å²) in [6.07, 6.45) is 1.10. The zero-order valence-corrected chi connectivity index (χ0v) is 20.0. The molecule has 6 heteroatoms. The van der Waals surface area contributed by atoms with E-state index in [1.807, 2.05) is 43.9 Å². The first-order valence-corrected chi connectivity index (χ1v) is 12.1. The highest BCUT2D eigenvalue weighted by Crippen LogP contribution is 2.52. The van der Waals surface area contributed by atoms with Crippen LogP contribution in [0.1, 0.15) is 63.7 Å². The number of hydrogen-bond donors (Lipinski definition) is 1. The molecule has 3 heterocycles. The number of piperidine rings is 1. The maximum absolute atomic E-state index is 12.8. The van der Waals surface area contributed by atoms with Gasteiger partial charge in [0, 0.05) is 31.6 Å². The third-order valence-corrected chi connectivity index (χ3v) is 6.94. The van der Waals surface area contributed by atoms with Crippen molar-refractivity contribution >= 4 is 11.8 Å². The van der Waals surface area contributed by atoms with Crippen LogP contribution in [-0.4, -0.2) is 54.0 Å². The summed E-state index contributed by atoms with van der Waals surface area (Å²) in [6.45, 7) is 10.5. The van der Waals surface area contributed by atoms with E-state index in [0.29, 0.717) is 25.7 Å². The van der Waals surface area contributed by atoms with Crippen molar-refractivity contribution < 1.29 is 19.4 Å². The van der Waals surface area contributed by atoms with Crippen molar-refractivity contribution in [3.8, 4) is 16.9 Å². The summed E-state index contributed by atoms with van der Waals surface area (Å²) in [4.78, 5) is 17.2. The number of aliphatic hydroxyl groups excluding tert-OH is 1. The average Bonchev–Trinajstić information content (AvgIpc) is 2.92. The third-order valence-electron chi connectivity index (χ3n) is 6.94. The topological polar surface area (TPSA) is 62.2 Å². The van der Waals surface area contributed by atoms with Gasteiger partial charge >= 0.3 is 6.09 Å². The molecule has 1 unspecified atom stereocenters. The third kappa shape index (κ3) is 4.05. The summed E-state index contributed by atoms with van der Waals surface area (Å²) in [6, 6.07) is 12.7. The minimum atomic E-state index is -0.559. The molecule has 3 aliphatic heterocycles. The SMILES string of the molecule is CC(O)c1ccccc1-c1cc2c3c(c1)[C@@H]1CN(C(=O)OC(C)(C)C)CC[C@@H]1N3CCCO2. The highest BCUT2D eigenvalue weighted by Gasteiger charge is 2.45. The number of aliphatic hydroxyl groups is 1. The van der Waals surface area contributed by atoms with Crippen molar-refractivity contribution in [1.82, 2.24) is 4.90 Å². The maximum atomic E-state index is 12.8. The fourth-order valence-corrected chi connectivity index (χ4v) is 5.58. The summed E-state index contributed by atoms with van der Waals surface area (Å²) in [5.41, 5.74) is 4.90. The van der Waals surface area contributed by atoms with Gasteiger partial charge in [-0.15, -0.1) is 0 Å². The van der Waals surface area contributed by atoms with Crippen LogP contribution in [0.3, 0.4) is 0 Å². The van der Waals surface area contributed by atoms with Crippen molar-refractivity contribution in [1.29, 1.82) is 0 Å². The minimum absolute atomic E-state index is 0.209. The van der Waals surface area contributed by atoms with E-state index < -0.39 is 11.7 Å². The van der Waals surface area contributed by atoms with Gasteiger partial charge in [-0.1, -0.05) is 24.3 Å². The normalized spacial score (nSPS) is 22.7. The minimum Gasteiger partial charge on any atom is -0.491 e. The van der Waals surface area contributed by atoms with Gasteiger partial charge < -0.3 is 24.4 Å². The summed E-state index contributed by atoms with van der Waals surface area (Å²) in [7, 11) is 0. The Balaban J connectivity index is 1.56. The molecule has 2 aromatic carbocycles. The van der Waals surface area contributed by atoms with E-state index in [1.165, 1.54) is 11.3 Å². The van der Waals surface area contributed by atoms with Crippen LogP contribution >= 0.6 is 0 Å². The first-order chi connectivity index (χ1) is 15.7. The van der Waals surface area contributed by atoms with Crippen molar-refractivity contribution in [2.24, 2.45) is 0 Å². The zero-order valence-electron chi connectivity index (χ0n) is 20.0. The Morgan fingerprint density at radius 1 is 1.21 bits per heavy atom. The van der Waals surface area contributed by atoms with Gasteiger partial charge in [-0.3, -0.25) is 0 Å². The molecule has 2 aromatic rings. The monoisotopic (exact) mass is 450 g/mol. The Hall–Kier alpha value is -2.73. The number of nitrogens with zero attached hydrogens (tertiary/aromatic N) is 2. The van der Waals surface area contributed by atoms with Gasteiger partial charge in [0.2, 0.25) is 0 Å². The molecular weight excluding hydrogens is 416 g/mol. The average molecular weight is 451 g/mol.